The standard InChI is InChI=1S/C18H26N2O/c1-19(2)9-8-16-10-17-13-21-14-18(11-16)20(17)12-15-6-4-3-5-7-15/h3-7,10,17-18H,8-9,11-14H2,1-2H3. The van der Waals surface area contributed by atoms with Crippen molar-refractivity contribution in [3.8, 4) is 0 Å². The van der Waals surface area contributed by atoms with E-state index in [9.17, 15) is 0 Å². The van der Waals surface area contributed by atoms with Gasteiger partial charge in [-0.3, -0.25) is 4.90 Å². The van der Waals surface area contributed by atoms with Gasteiger partial charge >= 0.3 is 0 Å². The molecule has 0 spiro atoms. The predicted octanol–water partition coefficient (Wildman–Crippen LogP) is 2.54. The van der Waals surface area contributed by atoms with Crippen LogP contribution in [0, 0.1) is 0 Å². The molecule has 1 saturated heterocycles. The Balaban J connectivity index is 1.69. The van der Waals surface area contributed by atoms with Gasteiger partial charge in [0.05, 0.1) is 19.3 Å². The van der Waals surface area contributed by atoms with Gasteiger partial charge in [0.2, 0.25) is 0 Å². The molecule has 114 valence electrons. The molecule has 2 atom stereocenters. The van der Waals surface area contributed by atoms with Crippen LogP contribution < -0.4 is 0 Å². The number of hydrogen-bond donors (Lipinski definition) is 0. The molecule has 2 heterocycles. The normalized spacial score (nSPS) is 26.0. The lowest BCUT2D eigenvalue weighted by Gasteiger charge is -2.45. The molecule has 3 rings (SSSR count). The Morgan fingerprint density at radius 3 is 2.71 bits per heavy atom. The lowest BCUT2D eigenvalue weighted by Crippen LogP contribution is -2.53. The second kappa shape index (κ2) is 6.73. The maximum absolute atomic E-state index is 5.78. The Morgan fingerprint density at radius 1 is 1.19 bits per heavy atom. The van der Waals surface area contributed by atoms with Gasteiger partial charge < -0.3 is 9.64 Å². The molecule has 2 aliphatic rings. The van der Waals surface area contributed by atoms with Gasteiger partial charge in [-0.15, -0.1) is 0 Å². The first-order valence-corrected chi connectivity index (χ1v) is 7.94. The second-order valence-electron chi connectivity index (χ2n) is 6.50. The monoisotopic (exact) mass is 286 g/mol. The minimum Gasteiger partial charge on any atom is -0.378 e. The van der Waals surface area contributed by atoms with E-state index in [2.05, 4.69) is 60.3 Å². The molecule has 0 N–H and O–H groups in total. The smallest absolute Gasteiger partial charge is 0.0658 e. The third-order valence-electron chi connectivity index (χ3n) is 4.51. The highest BCUT2D eigenvalue weighted by Crippen LogP contribution is 2.29. The number of nitrogens with zero attached hydrogens (tertiary/aromatic N) is 2. The lowest BCUT2D eigenvalue weighted by atomic mass is 9.91. The fourth-order valence-corrected chi connectivity index (χ4v) is 3.34. The summed E-state index contributed by atoms with van der Waals surface area (Å²) in [7, 11) is 4.30. The topological polar surface area (TPSA) is 15.7 Å². The van der Waals surface area contributed by atoms with Crippen LogP contribution in [-0.2, 0) is 11.3 Å². The zero-order chi connectivity index (χ0) is 14.7. The average Bonchev–Trinajstić information content (AvgIpc) is 2.46. The van der Waals surface area contributed by atoms with Crippen LogP contribution in [0.15, 0.2) is 42.0 Å². The fraction of sp³-hybridized carbons (Fsp3) is 0.556. The summed E-state index contributed by atoms with van der Waals surface area (Å²) in [6.07, 6.45) is 4.82. The minimum atomic E-state index is 0.454. The van der Waals surface area contributed by atoms with Gasteiger partial charge in [-0.05, 0) is 32.5 Å². The van der Waals surface area contributed by atoms with E-state index in [1.54, 1.807) is 5.57 Å². The fourth-order valence-electron chi connectivity index (χ4n) is 3.34. The zero-order valence-corrected chi connectivity index (χ0v) is 13.2. The summed E-state index contributed by atoms with van der Waals surface area (Å²) in [5.41, 5.74) is 3.02. The number of hydrogen-bond acceptors (Lipinski definition) is 3. The van der Waals surface area contributed by atoms with Gasteiger partial charge in [0.1, 0.15) is 0 Å². The molecule has 3 nitrogen and oxygen atoms in total. The molecule has 1 aromatic carbocycles. The van der Waals surface area contributed by atoms with Crippen LogP contribution in [0.25, 0.3) is 0 Å². The van der Waals surface area contributed by atoms with Crippen LogP contribution in [0.3, 0.4) is 0 Å². The highest BCUT2D eigenvalue weighted by Gasteiger charge is 2.34. The molecule has 2 bridgehead atoms. The van der Waals surface area contributed by atoms with Crippen molar-refractivity contribution in [2.24, 2.45) is 0 Å². The second-order valence-corrected chi connectivity index (χ2v) is 6.50. The summed E-state index contributed by atoms with van der Waals surface area (Å²) in [6.45, 7) is 3.90. The highest BCUT2D eigenvalue weighted by atomic mass is 16.5. The van der Waals surface area contributed by atoms with Crippen molar-refractivity contribution < 1.29 is 4.74 Å². The molecule has 3 heteroatoms. The summed E-state index contributed by atoms with van der Waals surface area (Å²) in [5, 5.41) is 0. The molecular weight excluding hydrogens is 260 g/mol. The van der Waals surface area contributed by atoms with Gasteiger partial charge in [-0.2, -0.15) is 0 Å². The largest absolute Gasteiger partial charge is 0.378 e. The molecule has 2 aliphatic heterocycles. The van der Waals surface area contributed by atoms with Crippen molar-refractivity contribution in [2.45, 2.75) is 31.5 Å². The van der Waals surface area contributed by atoms with Crippen LogP contribution in [-0.4, -0.2) is 55.7 Å². The van der Waals surface area contributed by atoms with Gasteiger partial charge in [0.25, 0.3) is 0 Å². The van der Waals surface area contributed by atoms with E-state index in [0.717, 1.165) is 32.7 Å². The Kier molecular flexibility index (Phi) is 4.73. The van der Waals surface area contributed by atoms with Crippen molar-refractivity contribution in [1.29, 1.82) is 0 Å². The first-order valence-electron chi connectivity index (χ1n) is 7.94. The molecule has 1 aromatic rings. The zero-order valence-electron chi connectivity index (χ0n) is 13.2. The Bertz CT molecular complexity index is 483. The van der Waals surface area contributed by atoms with Crippen LogP contribution >= 0.6 is 0 Å². The SMILES string of the molecule is CN(C)CCC1=CC2COCC(C1)N2Cc1ccccc1. The Hall–Kier alpha value is -1.16. The molecule has 0 aliphatic carbocycles. The molecular formula is C18H26N2O. The van der Waals surface area contributed by atoms with Gasteiger partial charge in [-0.25, -0.2) is 0 Å². The van der Waals surface area contributed by atoms with Crippen LogP contribution in [0.4, 0.5) is 0 Å². The first-order chi connectivity index (χ1) is 10.2. The quantitative estimate of drug-likeness (QED) is 0.774. The number of rotatable bonds is 5. The number of fused-ring (bicyclic) bond motifs is 2. The minimum absolute atomic E-state index is 0.454. The Labute approximate surface area is 128 Å². The van der Waals surface area contributed by atoms with Crippen LogP contribution in [0.1, 0.15) is 18.4 Å². The average molecular weight is 286 g/mol. The summed E-state index contributed by atoms with van der Waals surface area (Å²) in [5.74, 6) is 0. The molecule has 2 unspecified atom stereocenters. The van der Waals surface area contributed by atoms with Crippen LogP contribution in [0.5, 0.6) is 0 Å². The number of ether oxygens (including phenoxy) is 1. The van der Waals surface area contributed by atoms with Crippen molar-refractivity contribution in [1.82, 2.24) is 9.80 Å². The van der Waals surface area contributed by atoms with E-state index in [-0.39, 0.29) is 0 Å². The number of morpholine rings is 1. The van der Waals surface area contributed by atoms with Gasteiger partial charge in [0.15, 0.2) is 0 Å². The lowest BCUT2D eigenvalue weighted by molar-refractivity contribution is -0.0442. The van der Waals surface area contributed by atoms with E-state index in [1.807, 2.05) is 0 Å². The Morgan fingerprint density at radius 2 is 2.00 bits per heavy atom. The molecule has 0 radical (unpaired) electrons. The highest BCUT2D eigenvalue weighted by molar-refractivity contribution is 5.20. The maximum atomic E-state index is 5.78. The number of benzene rings is 1. The maximum Gasteiger partial charge on any atom is 0.0658 e. The van der Waals surface area contributed by atoms with Gasteiger partial charge in [-0.1, -0.05) is 42.0 Å². The van der Waals surface area contributed by atoms with E-state index >= 15 is 0 Å². The van der Waals surface area contributed by atoms with E-state index in [1.165, 1.54) is 12.0 Å². The third kappa shape index (κ3) is 3.73. The van der Waals surface area contributed by atoms with Crippen molar-refractivity contribution in [2.75, 3.05) is 33.9 Å². The predicted molar refractivity (Wildman–Crippen MR) is 86.3 cm³/mol. The summed E-state index contributed by atoms with van der Waals surface area (Å²) in [4.78, 5) is 4.89. The van der Waals surface area contributed by atoms with Crippen molar-refractivity contribution in [3.63, 3.8) is 0 Å². The van der Waals surface area contributed by atoms with Gasteiger partial charge in [0, 0.05) is 19.1 Å². The summed E-state index contributed by atoms with van der Waals surface area (Å²) in [6, 6.07) is 11.8. The van der Waals surface area contributed by atoms with E-state index in [4.69, 9.17) is 4.74 Å². The van der Waals surface area contributed by atoms with Crippen molar-refractivity contribution >= 4 is 0 Å². The molecule has 1 fully saturated rings. The molecule has 21 heavy (non-hydrogen) atoms. The first kappa shape index (κ1) is 14.8. The molecule has 0 saturated carbocycles. The molecule has 0 amide bonds. The van der Waals surface area contributed by atoms with E-state index in [0.29, 0.717) is 12.1 Å². The van der Waals surface area contributed by atoms with Crippen molar-refractivity contribution in [3.05, 3.63) is 47.5 Å². The van der Waals surface area contributed by atoms with E-state index < -0.39 is 0 Å². The third-order valence-corrected chi connectivity index (χ3v) is 4.51. The summed E-state index contributed by atoms with van der Waals surface area (Å²) < 4.78 is 5.78. The summed E-state index contributed by atoms with van der Waals surface area (Å²) >= 11 is 0. The van der Waals surface area contributed by atoms with Crippen LogP contribution in [0.2, 0.25) is 0 Å². The molecule has 0 aromatic heterocycles.